The molecule has 0 aliphatic carbocycles. The molecule has 1 fully saturated rings. The molecule has 0 radical (unpaired) electrons. The lowest BCUT2D eigenvalue weighted by atomic mass is 10.2. The normalized spacial score (nSPS) is 15.1. The summed E-state index contributed by atoms with van der Waals surface area (Å²) in [7, 11) is -0.165. The van der Waals surface area contributed by atoms with Crippen LogP contribution in [0.4, 0.5) is 0 Å². The van der Waals surface area contributed by atoms with Gasteiger partial charge in [0.2, 0.25) is 15.9 Å². The highest BCUT2D eigenvalue weighted by atomic mass is 32.2. The van der Waals surface area contributed by atoms with Gasteiger partial charge in [0, 0.05) is 57.3 Å². The number of benzene rings is 1. The van der Waals surface area contributed by atoms with E-state index in [0.29, 0.717) is 51.3 Å². The van der Waals surface area contributed by atoms with Gasteiger partial charge in [0.1, 0.15) is 0 Å². The Hall–Kier alpha value is -2.27. The van der Waals surface area contributed by atoms with Gasteiger partial charge in [-0.05, 0) is 42.1 Å². The van der Waals surface area contributed by atoms with E-state index in [2.05, 4.69) is 4.72 Å². The summed E-state index contributed by atoms with van der Waals surface area (Å²) in [6.45, 7) is 3.00. The maximum Gasteiger partial charge on any atom is 0.253 e. The molecule has 1 N–H and O–H groups in total. The first-order chi connectivity index (χ1) is 14.8. The van der Waals surface area contributed by atoms with E-state index in [1.165, 1.54) is 12.1 Å². The van der Waals surface area contributed by atoms with Gasteiger partial charge in [-0.25, -0.2) is 13.1 Å². The Bertz CT molecular complexity index is 981. The molecule has 2 aromatic rings. The van der Waals surface area contributed by atoms with E-state index in [0.717, 1.165) is 4.88 Å². The van der Waals surface area contributed by atoms with Gasteiger partial charge in [0.05, 0.1) is 11.4 Å². The van der Waals surface area contributed by atoms with E-state index in [9.17, 15) is 18.0 Å². The van der Waals surface area contributed by atoms with E-state index in [1.807, 2.05) is 22.4 Å². The van der Waals surface area contributed by atoms with Crippen molar-refractivity contribution < 1.29 is 18.0 Å². The molecule has 1 saturated heterocycles. The molecule has 8 nitrogen and oxygen atoms in total. The number of sulfonamides is 1. The standard InChI is InChI=1S/C21H28N4O4S2/c1-23(2)20(26)16-24-11-13-25(14-12-24)21(27)17-5-7-19(8-6-17)31(28,29)22-10-9-18-4-3-15-30-18/h3-8,15,22H,9-14,16H2,1-2H3. The number of carbonyl (C=O) groups is 2. The zero-order chi connectivity index (χ0) is 22.4. The third-order valence-electron chi connectivity index (χ3n) is 5.17. The molecular weight excluding hydrogens is 436 g/mol. The Morgan fingerprint density at radius 3 is 2.32 bits per heavy atom. The second kappa shape index (κ2) is 10.4. The highest BCUT2D eigenvalue weighted by Crippen LogP contribution is 2.14. The van der Waals surface area contributed by atoms with Crippen molar-refractivity contribution in [1.82, 2.24) is 19.4 Å². The molecule has 1 aliphatic rings. The van der Waals surface area contributed by atoms with Crippen LogP contribution in [0.1, 0.15) is 15.2 Å². The number of amides is 2. The van der Waals surface area contributed by atoms with Crippen LogP contribution in [0.25, 0.3) is 0 Å². The van der Waals surface area contributed by atoms with Crippen LogP contribution >= 0.6 is 11.3 Å². The Morgan fingerprint density at radius 1 is 1.06 bits per heavy atom. The number of thiophene rings is 1. The maximum absolute atomic E-state index is 12.8. The molecule has 1 aromatic heterocycles. The van der Waals surface area contributed by atoms with Crippen LogP contribution in [0, 0.1) is 0 Å². The lowest BCUT2D eigenvalue weighted by Gasteiger charge is -2.34. The quantitative estimate of drug-likeness (QED) is 0.632. The number of nitrogens with one attached hydrogen (secondary N) is 1. The fourth-order valence-corrected chi connectivity index (χ4v) is 4.99. The van der Waals surface area contributed by atoms with Gasteiger partial charge in [-0.3, -0.25) is 14.5 Å². The van der Waals surface area contributed by atoms with Crippen molar-refractivity contribution in [3.05, 3.63) is 52.2 Å². The van der Waals surface area contributed by atoms with Crippen molar-refractivity contribution in [3.63, 3.8) is 0 Å². The van der Waals surface area contributed by atoms with Crippen LogP contribution in [-0.4, -0.2) is 88.3 Å². The van der Waals surface area contributed by atoms with Crippen molar-refractivity contribution in [3.8, 4) is 0 Å². The van der Waals surface area contributed by atoms with Crippen LogP contribution in [0.3, 0.4) is 0 Å². The molecular formula is C21H28N4O4S2. The Morgan fingerprint density at radius 2 is 1.74 bits per heavy atom. The molecule has 2 amide bonds. The predicted molar refractivity (Wildman–Crippen MR) is 121 cm³/mol. The maximum atomic E-state index is 12.8. The highest BCUT2D eigenvalue weighted by Gasteiger charge is 2.24. The van der Waals surface area contributed by atoms with Crippen LogP contribution < -0.4 is 4.72 Å². The monoisotopic (exact) mass is 464 g/mol. The third kappa shape index (κ3) is 6.36. The summed E-state index contributed by atoms with van der Waals surface area (Å²) in [5, 5.41) is 1.96. The van der Waals surface area contributed by atoms with Crippen molar-refractivity contribution in [2.75, 3.05) is 53.4 Å². The van der Waals surface area contributed by atoms with Gasteiger partial charge in [0.15, 0.2) is 0 Å². The topological polar surface area (TPSA) is 90.0 Å². The largest absolute Gasteiger partial charge is 0.348 e. The minimum atomic E-state index is -3.62. The van der Waals surface area contributed by atoms with Crippen LogP contribution in [-0.2, 0) is 21.2 Å². The van der Waals surface area contributed by atoms with E-state index < -0.39 is 10.0 Å². The molecule has 2 heterocycles. The van der Waals surface area contributed by atoms with Gasteiger partial charge in [-0.15, -0.1) is 11.3 Å². The Balaban J connectivity index is 1.52. The Labute approximate surface area is 187 Å². The minimum absolute atomic E-state index is 0.0422. The smallest absolute Gasteiger partial charge is 0.253 e. The molecule has 168 valence electrons. The summed E-state index contributed by atoms with van der Waals surface area (Å²) in [5.41, 5.74) is 0.454. The molecule has 0 saturated carbocycles. The van der Waals surface area contributed by atoms with Crippen molar-refractivity contribution in [1.29, 1.82) is 0 Å². The zero-order valence-electron chi connectivity index (χ0n) is 17.8. The van der Waals surface area contributed by atoms with E-state index in [1.54, 1.807) is 47.4 Å². The van der Waals surface area contributed by atoms with Crippen molar-refractivity contribution in [2.45, 2.75) is 11.3 Å². The molecule has 0 unspecified atom stereocenters. The zero-order valence-corrected chi connectivity index (χ0v) is 19.4. The average Bonchev–Trinajstić information content (AvgIpc) is 3.27. The number of hydrogen-bond acceptors (Lipinski definition) is 6. The average molecular weight is 465 g/mol. The van der Waals surface area contributed by atoms with Crippen LogP contribution in [0.2, 0.25) is 0 Å². The van der Waals surface area contributed by atoms with E-state index in [-0.39, 0.29) is 16.7 Å². The molecule has 0 spiro atoms. The molecule has 0 atom stereocenters. The van der Waals surface area contributed by atoms with Gasteiger partial charge in [-0.2, -0.15) is 0 Å². The minimum Gasteiger partial charge on any atom is -0.348 e. The summed E-state index contributed by atoms with van der Waals surface area (Å²) < 4.78 is 27.6. The highest BCUT2D eigenvalue weighted by molar-refractivity contribution is 7.89. The SMILES string of the molecule is CN(C)C(=O)CN1CCN(C(=O)c2ccc(S(=O)(=O)NCCc3cccs3)cc2)CC1. The number of likely N-dealkylation sites (N-methyl/N-ethyl adjacent to an activating group) is 1. The van der Waals surface area contributed by atoms with Crippen molar-refractivity contribution in [2.24, 2.45) is 0 Å². The first kappa shape index (κ1) is 23.4. The van der Waals surface area contributed by atoms with E-state index in [4.69, 9.17) is 0 Å². The lowest BCUT2D eigenvalue weighted by Crippen LogP contribution is -2.51. The summed E-state index contributed by atoms with van der Waals surface area (Å²) in [6.07, 6.45) is 0.638. The van der Waals surface area contributed by atoms with Gasteiger partial charge in [-0.1, -0.05) is 6.07 Å². The number of hydrogen-bond donors (Lipinski definition) is 1. The number of carbonyl (C=O) groups excluding carboxylic acids is 2. The number of rotatable bonds is 8. The third-order valence-corrected chi connectivity index (χ3v) is 7.59. The summed E-state index contributed by atoms with van der Waals surface area (Å²) >= 11 is 1.59. The summed E-state index contributed by atoms with van der Waals surface area (Å²) in [6, 6.07) is 9.95. The van der Waals surface area contributed by atoms with Crippen LogP contribution in [0.5, 0.6) is 0 Å². The second-order valence-corrected chi connectivity index (χ2v) is 10.4. The number of nitrogens with zero attached hydrogens (tertiary/aromatic N) is 3. The van der Waals surface area contributed by atoms with E-state index >= 15 is 0 Å². The van der Waals surface area contributed by atoms with Crippen molar-refractivity contribution >= 4 is 33.2 Å². The predicted octanol–water partition coefficient (Wildman–Crippen LogP) is 1.12. The number of piperazine rings is 1. The molecule has 1 aromatic carbocycles. The molecule has 31 heavy (non-hydrogen) atoms. The Kier molecular flexibility index (Phi) is 7.82. The molecule has 0 bridgehead atoms. The van der Waals surface area contributed by atoms with Crippen LogP contribution in [0.15, 0.2) is 46.7 Å². The first-order valence-electron chi connectivity index (χ1n) is 10.1. The molecule has 3 rings (SSSR count). The fraction of sp³-hybridized carbons (Fsp3) is 0.429. The van der Waals surface area contributed by atoms with Gasteiger partial charge in [0.25, 0.3) is 5.91 Å². The fourth-order valence-electron chi connectivity index (χ4n) is 3.25. The summed E-state index contributed by atoms with van der Waals surface area (Å²) in [4.78, 5) is 31.2. The second-order valence-electron chi connectivity index (χ2n) is 7.61. The van der Waals surface area contributed by atoms with Gasteiger partial charge >= 0.3 is 0 Å². The van der Waals surface area contributed by atoms with Gasteiger partial charge < -0.3 is 9.80 Å². The molecule has 10 heteroatoms. The first-order valence-corrected chi connectivity index (χ1v) is 12.5. The summed E-state index contributed by atoms with van der Waals surface area (Å²) in [5.74, 6) is -0.0891. The molecule has 1 aliphatic heterocycles. The lowest BCUT2D eigenvalue weighted by molar-refractivity contribution is -0.130.